The third-order valence-electron chi connectivity index (χ3n) is 5.57. The number of benzene rings is 3. The SMILES string of the molecule is CCCP(CCC)c1cc2ccccc2[cH-]1.[Cl][Zr+2][Cl].[c-]1cccc2c1Cc1ccccc1-2. The van der Waals surface area contributed by atoms with Crippen LogP contribution in [0.1, 0.15) is 37.8 Å². The molecule has 0 bridgehead atoms. The molecule has 4 aromatic carbocycles. The maximum Gasteiger partial charge on any atom is -0.0253 e. The molecule has 0 radical (unpaired) electrons. The first-order valence-electron chi connectivity index (χ1n) is 11.2. The van der Waals surface area contributed by atoms with Gasteiger partial charge < -0.3 is 0 Å². The van der Waals surface area contributed by atoms with Crippen molar-refractivity contribution >= 4 is 41.0 Å². The number of hydrogen-bond acceptors (Lipinski definition) is 0. The van der Waals surface area contributed by atoms with Crippen LogP contribution in [-0.2, 0) is 27.3 Å². The minimum atomic E-state index is -0.826. The normalized spacial score (nSPS) is 11.0. The summed E-state index contributed by atoms with van der Waals surface area (Å²) in [6.45, 7) is 4.60. The van der Waals surface area contributed by atoms with Crippen LogP contribution in [0.5, 0.6) is 0 Å². The monoisotopic (exact) mass is 556 g/mol. The van der Waals surface area contributed by atoms with Crippen LogP contribution in [0, 0.1) is 6.07 Å². The Morgan fingerprint density at radius 2 is 1.56 bits per heavy atom. The summed E-state index contributed by atoms with van der Waals surface area (Å²) in [5.41, 5.74) is 5.51. The van der Waals surface area contributed by atoms with Gasteiger partial charge in [-0.15, -0.1) is 45.9 Å². The van der Waals surface area contributed by atoms with Gasteiger partial charge in [-0.05, 0) is 18.7 Å². The van der Waals surface area contributed by atoms with Crippen LogP contribution in [0.4, 0.5) is 0 Å². The minimum Gasteiger partial charge on any atom is -0.179 e. The van der Waals surface area contributed by atoms with Gasteiger partial charge in [-0.3, -0.25) is 0 Å². The Kier molecular flexibility index (Phi) is 11.1. The number of halogens is 2. The molecule has 0 nitrogen and oxygen atoms in total. The van der Waals surface area contributed by atoms with Gasteiger partial charge in [0.15, 0.2) is 0 Å². The topological polar surface area (TPSA) is 0 Å². The average Bonchev–Trinajstić information content (AvgIpc) is 3.41. The maximum atomic E-state index is 4.93. The molecule has 0 N–H and O–H groups in total. The van der Waals surface area contributed by atoms with Crippen LogP contribution in [0.3, 0.4) is 0 Å². The van der Waals surface area contributed by atoms with E-state index in [9.17, 15) is 0 Å². The van der Waals surface area contributed by atoms with Gasteiger partial charge in [0.05, 0.1) is 0 Å². The third-order valence-corrected chi connectivity index (χ3v) is 8.53. The summed E-state index contributed by atoms with van der Waals surface area (Å²) in [7, 11) is 9.96. The van der Waals surface area contributed by atoms with Crippen molar-refractivity contribution in [2.24, 2.45) is 0 Å². The van der Waals surface area contributed by atoms with Crippen molar-refractivity contribution in [2.45, 2.75) is 33.1 Å². The zero-order chi connectivity index (χ0) is 22.8. The average molecular weight is 559 g/mol. The molecule has 1 aliphatic rings. The summed E-state index contributed by atoms with van der Waals surface area (Å²) in [6, 6.07) is 31.6. The van der Waals surface area contributed by atoms with Crippen molar-refractivity contribution in [3.05, 3.63) is 96.1 Å². The summed E-state index contributed by atoms with van der Waals surface area (Å²) in [5.74, 6) is 0. The molecule has 32 heavy (non-hydrogen) atoms. The molecule has 0 amide bonds. The molecule has 4 heteroatoms. The molecule has 5 rings (SSSR count). The third kappa shape index (κ3) is 6.84. The summed E-state index contributed by atoms with van der Waals surface area (Å²) in [5, 5.41) is 4.44. The molecule has 0 saturated carbocycles. The first-order valence-corrected chi connectivity index (χ1v) is 19.2. The van der Waals surface area contributed by atoms with Crippen molar-refractivity contribution in [1.82, 2.24) is 0 Å². The van der Waals surface area contributed by atoms with E-state index < -0.39 is 20.8 Å². The standard InChI is InChI=1S/C15H20P.C13H9.2ClH.Zr/c1-3-9-16(10-4-2)15-11-13-7-5-6-8-14(13)12-15;1-3-7-12-10(5-1)9-11-6-2-4-8-13(11)12;;;/h5-8,11-12H,3-4,9-10H2,1-2H3;1-5,7-8H,9H2;2*1H;/q2*-1;;;+4/p-2. The first kappa shape index (κ1) is 25.8. The van der Waals surface area contributed by atoms with Crippen LogP contribution in [0.25, 0.3) is 21.9 Å². The predicted molar refractivity (Wildman–Crippen MR) is 142 cm³/mol. The van der Waals surface area contributed by atoms with Crippen molar-refractivity contribution in [3.8, 4) is 11.1 Å². The van der Waals surface area contributed by atoms with E-state index in [0.717, 1.165) is 6.42 Å². The number of fused-ring (bicyclic) bond motifs is 4. The van der Waals surface area contributed by atoms with Gasteiger partial charge in [-0.1, -0.05) is 76.1 Å². The molecule has 0 saturated heterocycles. The van der Waals surface area contributed by atoms with E-state index in [-0.39, 0.29) is 7.92 Å². The molecule has 0 aromatic heterocycles. The Bertz CT molecular complexity index is 1020. The molecule has 0 aliphatic heterocycles. The largest absolute Gasteiger partial charge is 0.179 e. The second kappa shape index (κ2) is 13.8. The molecule has 0 atom stereocenters. The Morgan fingerprint density at radius 1 is 0.906 bits per heavy atom. The zero-order valence-electron chi connectivity index (χ0n) is 18.7. The van der Waals surface area contributed by atoms with E-state index in [1.807, 2.05) is 6.07 Å². The van der Waals surface area contributed by atoms with Crippen molar-refractivity contribution in [2.75, 3.05) is 12.3 Å². The van der Waals surface area contributed by atoms with Gasteiger partial charge in [0.25, 0.3) is 0 Å². The van der Waals surface area contributed by atoms with Crippen molar-refractivity contribution in [1.29, 1.82) is 0 Å². The first-order chi connectivity index (χ1) is 15.7. The maximum absolute atomic E-state index is 4.93. The Hall–Kier alpha value is -0.837. The fraction of sp³-hybridized carbons (Fsp3) is 0.250. The van der Waals surface area contributed by atoms with Crippen LogP contribution >= 0.6 is 24.9 Å². The van der Waals surface area contributed by atoms with E-state index in [1.54, 1.807) is 5.30 Å². The van der Waals surface area contributed by atoms with Crippen LogP contribution in [-0.4, -0.2) is 12.3 Å². The molecule has 0 heterocycles. The number of hydrogen-bond donors (Lipinski definition) is 0. The van der Waals surface area contributed by atoms with E-state index >= 15 is 0 Å². The van der Waals surface area contributed by atoms with E-state index in [4.69, 9.17) is 17.0 Å². The second-order valence-corrected chi connectivity index (χ2v) is 14.0. The Morgan fingerprint density at radius 3 is 2.28 bits per heavy atom. The Labute approximate surface area is 213 Å². The van der Waals surface area contributed by atoms with E-state index in [2.05, 4.69) is 92.7 Å². The predicted octanol–water partition coefficient (Wildman–Crippen LogP) is 8.92. The summed E-state index contributed by atoms with van der Waals surface area (Å²) in [4.78, 5) is 0. The van der Waals surface area contributed by atoms with Gasteiger partial charge in [0.1, 0.15) is 0 Å². The van der Waals surface area contributed by atoms with Gasteiger partial charge in [-0.25, -0.2) is 0 Å². The van der Waals surface area contributed by atoms with Crippen molar-refractivity contribution in [3.63, 3.8) is 0 Å². The summed E-state index contributed by atoms with van der Waals surface area (Å²) < 4.78 is 0. The van der Waals surface area contributed by atoms with Gasteiger partial charge in [0, 0.05) is 0 Å². The fourth-order valence-electron chi connectivity index (χ4n) is 4.22. The molecular weight excluding hydrogens is 529 g/mol. The van der Waals surface area contributed by atoms with Gasteiger partial charge in [-0.2, -0.15) is 35.9 Å². The molecule has 0 spiro atoms. The van der Waals surface area contributed by atoms with Gasteiger partial charge in [0.2, 0.25) is 0 Å². The summed E-state index contributed by atoms with van der Waals surface area (Å²) in [6.07, 6.45) is 6.45. The minimum absolute atomic E-state index is 0.0972. The van der Waals surface area contributed by atoms with Gasteiger partial charge >= 0.3 is 37.9 Å². The fourth-order valence-corrected chi connectivity index (χ4v) is 6.69. The quantitative estimate of drug-likeness (QED) is 0.149. The summed E-state index contributed by atoms with van der Waals surface area (Å²) >= 11 is -0.826. The Balaban J connectivity index is 0.000000163. The molecule has 164 valence electrons. The smallest absolute Gasteiger partial charge is 0.0253 e. The molecule has 4 aromatic rings. The zero-order valence-corrected chi connectivity index (χ0v) is 23.6. The van der Waals surface area contributed by atoms with Crippen LogP contribution < -0.4 is 5.30 Å². The molecule has 0 fully saturated rings. The second-order valence-electron chi connectivity index (χ2n) is 7.80. The number of rotatable bonds is 5. The van der Waals surface area contributed by atoms with E-state index in [1.165, 1.54) is 58.2 Å². The molecular formula is C28H29Cl2PZr. The van der Waals surface area contributed by atoms with Crippen molar-refractivity contribution < 1.29 is 20.8 Å². The molecule has 1 aliphatic carbocycles. The van der Waals surface area contributed by atoms with Crippen LogP contribution in [0.15, 0.2) is 78.9 Å². The molecule has 0 unspecified atom stereocenters. The van der Waals surface area contributed by atoms with E-state index in [0.29, 0.717) is 0 Å². The van der Waals surface area contributed by atoms with Crippen LogP contribution in [0.2, 0.25) is 0 Å².